The topological polar surface area (TPSA) is 39.1 Å². The highest BCUT2D eigenvalue weighted by atomic mass is 19.1. The lowest BCUT2D eigenvalue weighted by atomic mass is 10.0. The van der Waals surface area contributed by atoms with Crippen molar-refractivity contribution >= 4 is 10.9 Å². The van der Waals surface area contributed by atoms with Gasteiger partial charge in [-0.15, -0.1) is 0 Å². The van der Waals surface area contributed by atoms with Crippen LogP contribution >= 0.6 is 0 Å². The summed E-state index contributed by atoms with van der Waals surface area (Å²) >= 11 is 0. The molecule has 5 heteroatoms. The number of aromatic nitrogens is 2. The van der Waals surface area contributed by atoms with E-state index in [1.807, 2.05) is 48.3 Å². The second kappa shape index (κ2) is 6.79. The van der Waals surface area contributed by atoms with Crippen molar-refractivity contribution in [2.24, 2.45) is 0 Å². The molecule has 0 saturated heterocycles. The van der Waals surface area contributed by atoms with Crippen LogP contribution in [0.1, 0.15) is 18.0 Å². The number of hydrogen-bond donors (Lipinski definition) is 1. The van der Waals surface area contributed by atoms with Gasteiger partial charge in [-0.1, -0.05) is 18.2 Å². The average molecular weight is 313 g/mol. The summed E-state index contributed by atoms with van der Waals surface area (Å²) in [6.07, 6.45) is 2.68. The third kappa shape index (κ3) is 3.05. The Morgan fingerprint density at radius 3 is 2.70 bits per heavy atom. The molecule has 3 rings (SSSR count). The molecule has 23 heavy (non-hydrogen) atoms. The molecule has 0 aliphatic heterocycles. The van der Waals surface area contributed by atoms with E-state index in [9.17, 15) is 4.39 Å². The minimum Gasteiger partial charge on any atom is -0.496 e. The molecule has 1 N–H and O–H groups in total. The average Bonchev–Trinajstić information content (AvgIpc) is 3.01. The van der Waals surface area contributed by atoms with Crippen LogP contribution in [0.25, 0.3) is 10.9 Å². The third-order valence-electron chi connectivity index (χ3n) is 4.04. The highest BCUT2D eigenvalue weighted by molar-refractivity contribution is 5.85. The second-order valence-electron chi connectivity index (χ2n) is 5.44. The molecule has 2 aromatic carbocycles. The van der Waals surface area contributed by atoms with Gasteiger partial charge in [0.25, 0.3) is 0 Å². The fourth-order valence-corrected chi connectivity index (χ4v) is 2.87. The Balaban J connectivity index is 2.08. The summed E-state index contributed by atoms with van der Waals surface area (Å²) < 4.78 is 20.6. The van der Waals surface area contributed by atoms with Crippen molar-refractivity contribution in [3.05, 3.63) is 60.0 Å². The van der Waals surface area contributed by atoms with Crippen LogP contribution in [-0.4, -0.2) is 30.5 Å². The second-order valence-corrected chi connectivity index (χ2v) is 5.44. The maximum absolute atomic E-state index is 13.2. The zero-order valence-corrected chi connectivity index (χ0v) is 13.3. The van der Waals surface area contributed by atoms with Gasteiger partial charge in [0.2, 0.25) is 0 Å². The summed E-state index contributed by atoms with van der Waals surface area (Å²) in [4.78, 5) is 0. The minimum absolute atomic E-state index is 0.0349. The largest absolute Gasteiger partial charge is 0.496 e. The van der Waals surface area contributed by atoms with Gasteiger partial charge in [0, 0.05) is 0 Å². The number of fused-ring (bicyclic) bond motifs is 1. The minimum atomic E-state index is -0.229. The fraction of sp³-hybridized carbons (Fsp3) is 0.278. The van der Waals surface area contributed by atoms with Gasteiger partial charge in [-0.05, 0) is 49.8 Å². The van der Waals surface area contributed by atoms with Gasteiger partial charge in [0.05, 0.1) is 30.3 Å². The van der Waals surface area contributed by atoms with Crippen molar-refractivity contribution in [2.45, 2.75) is 12.5 Å². The van der Waals surface area contributed by atoms with Crippen molar-refractivity contribution in [2.75, 3.05) is 20.7 Å². The van der Waals surface area contributed by atoms with E-state index in [1.165, 1.54) is 12.1 Å². The molecule has 1 aromatic heterocycles. The monoisotopic (exact) mass is 313 g/mol. The Kier molecular flexibility index (Phi) is 4.57. The zero-order valence-electron chi connectivity index (χ0n) is 13.3. The molecular formula is C18H20FN3O. The van der Waals surface area contributed by atoms with Crippen LogP contribution in [0.3, 0.4) is 0 Å². The fourth-order valence-electron chi connectivity index (χ4n) is 2.87. The number of rotatable bonds is 6. The lowest BCUT2D eigenvalue weighted by molar-refractivity contribution is 0.419. The van der Waals surface area contributed by atoms with Crippen LogP contribution in [-0.2, 0) is 0 Å². The maximum atomic E-state index is 13.2. The number of benzene rings is 2. The molecule has 1 unspecified atom stereocenters. The lowest BCUT2D eigenvalue weighted by Crippen LogP contribution is -2.18. The van der Waals surface area contributed by atoms with Gasteiger partial charge in [0.1, 0.15) is 11.6 Å². The smallest absolute Gasteiger partial charge is 0.129 e. The molecule has 1 heterocycles. The van der Waals surface area contributed by atoms with Crippen LogP contribution in [0.5, 0.6) is 5.75 Å². The summed E-state index contributed by atoms with van der Waals surface area (Å²) in [5, 5.41) is 8.72. The summed E-state index contributed by atoms with van der Waals surface area (Å²) in [6, 6.07) is 12.6. The van der Waals surface area contributed by atoms with Gasteiger partial charge < -0.3 is 10.1 Å². The molecule has 0 aliphatic rings. The molecule has 0 amide bonds. The summed E-state index contributed by atoms with van der Waals surface area (Å²) in [7, 11) is 3.58. The standard InChI is InChI=1S/C18H20FN3O/c1-20-11-10-16(13-6-8-14(19)9-7-13)22-17-4-3-5-18(23-2)15(17)12-21-22/h3-9,12,16,20H,10-11H2,1-2H3. The van der Waals surface area contributed by atoms with Gasteiger partial charge in [-0.25, -0.2) is 4.39 Å². The Bertz CT molecular complexity index is 783. The van der Waals surface area contributed by atoms with Crippen LogP contribution in [0.15, 0.2) is 48.7 Å². The number of nitrogens with zero attached hydrogens (tertiary/aromatic N) is 2. The zero-order chi connectivity index (χ0) is 16.2. The van der Waals surface area contributed by atoms with Gasteiger partial charge >= 0.3 is 0 Å². The molecule has 1 atom stereocenters. The Hall–Kier alpha value is -2.40. The van der Waals surface area contributed by atoms with E-state index in [-0.39, 0.29) is 11.9 Å². The van der Waals surface area contributed by atoms with Crippen molar-refractivity contribution < 1.29 is 9.13 Å². The number of nitrogens with one attached hydrogen (secondary N) is 1. The van der Waals surface area contributed by atoms with Crippen LogP contribution < -0.4 is 10.1 Å². The molecule has 120 valence electrons. The molecule has 0 saturated carbocycles. The van der Waals surface area contributed by atoms with Gasteiger partial charge in [-0.3, -0.25) is 4.68 Å². The van der Waals surface area contributed by atoms with Crippen LogP contribution in [0.2, 0.25) is 0 Å². The van der Waals surface area contributed by atoms with Crippen LogP contribution in [0.4, 0.5) is 4.39 Å². The van der Waals surface area contributed by atoms with E-state index in [4.69, 9.17) is 4.74 Å². The third-order valence-corrected chi connectivity index (χ3v) is 4.04. The molecular weight excluding hydrogens is 293 g/mol. The van der Waals surface area contributed by atoms with E-state index < -0.39 is 0 Å². The number of hydrogen-bond acceptors (Lipinski definition) is 3. The molecule has 0 radical (unpaired) electrons. The van der Waals surface area contributed by atoms with Gasteiger partial charge in [0.15, 0.2) is 0 Å². The predicted molar refractivity (Wildman–Crippen MR) is 89.4 cm³/mol. The number of halogens is 1. The van der Waals surface area contributed by atoms with Crippen molar-refractivity contribution in [1.82, 2.24) is 15.1 Å². The highest BCUT2D eigenvalue weighted by Crippen LogP contribution is 2.30. The number of methoxy groups -OCH3 is 1. The Morgan fingerprint density at radius 1 is 1.22 bits per heavy atom. The number of ether oxygens (including phenoxy) is 1. The first-order valence-electron chi connectivity index (χ1n) is 7.65. The van der Waals surface area contributed by atoms with Gasteiger partial charge in [-0.2, -0.15) is 5.10 Å². The van der Waals surface area contributed by atoms with E-state index in [0.29, 0.717) is 0 Å². The lowest BCUT2D eigenvalue weighted by Gasteiger charge is -2.19. The first-order valence-corrected chi connectivity index (χ1v) is 7.65. The van der Waals surface area contributed by atoms with E-state index in [1.54, 1.807) is 7.11 Å². The molecule has 0 bridgehead atoms. The normalized spacial score (nSPS) is 12.5. The SMILES string of the molecule is CNCCC(c1ccc(F)cc1)n1ncc2c(OC)cccc21. The first kappa shape index (κ1) is 15.5. The maximum Gasteiger partial charge on any atom is 0.129 e. The summed E-state index contributed by atoms with van der Waals surface area (Å²) in [5.41, 5.74) is 2.05. The van der Waals surface area contributed by atoms with E-state index >= 15 is 0 Å². The van der Waals surface area contributed by atoms with E-state index in [0.717, 1.165) is 35.2 Å². The van der Waals surface area contributed by atoms with Crippen molar-refractivity contribution in [3.8, 4) is 5.75 Å². The molecule has 3 aromatic rings. The highest BCUT2D eigenvalue weighted by Gasteiger charge is 2.18. The summed E-state index contributed by atoms with van der Waals surface area (Å²) in [6.45, 7) is 0.841. The quantitative estimate of drug-likeness (QED) is 0.758. The molecule has 0 spiro atoms. The van der Waals surface area contributed by atoms with E-state index in [2.05, 4.69) is 10.4 Å². The molecule has 4 nitrogen and oxygen atoms in total. The Labute approximate surface area is 134 Å². The van der Waals surface area contributed by atoms with Crippen molar-refractivity contribution in [3.63, 3.8) is 0 Å². The first-order chi connectivity index (χ1) is 11.2. The molecule has 0 aliphatic carbocycles. The van der Waals surface area contributed by atoms with Crippen LogP contribution in [0, 0.1) is 5.82 Å². The predicted octanol–water partition coefficient (Wildman–Crippen LogP) is 3.38. The summed E-state index contributed by atoms with van der Waals surface area (Å²) in [5.74, 6) is 0.577. The van der Waals surface area contributed by atoms with Crippen molar-refractivity contribution in [1.29, 1.82) is 0 Å². The Morgan fingerprint density at radius 2 is 2.00 bits per heavy atom. The molecule has 0 fully saturated rings.